The SMILES string of the molecule is O=C(Nc1cc(F)cc(F)c1)N1CCSC1c1ccc(Cl)cc1. The summed E-state index contributed by atoms with van der Waals surface area (Å²) in [5, 5.41) is 3.02. The van der Waals surface area contributed by atoms with Crippen molar-refractivity contribution in [3.05, 3.63) is 64.7 Å². The Hall–Kier alpha value is -1.79. The Balaban J connectivity index is 1.76. The standard InChI is InChI=1S/C16H13ClF2N2OS/c17-11-3-1-10(2-4-11)15-21(5-6-23-15)16(22)20-14-8-12(18)7-13(19)9-14/h1-4,7-9,15H,5-6H2,(H,20,22). The maximum Gasteiger partial charge on any atom is 0.323 e. The average molecular weight is 355 g/mol. The lowest BCUT2D eigenvalue weighted by Crippen LogP contribution is -2.34. The number of rotatable bonds is 2. The third kappa shape index (κ3) is 3.76. The van der Waals surface area contributed by atoms with Gasteiger partial charge in [0.25, 0.3) is 0 Å². The molecular formula is C16H13ClF2N2OS. The van der Waals surface area contributed by atoms with E-state index < -0.39 is 11.6 Å². The molecule has 2 aromatic carbocycles. The van der Waals surface area contributed by atoms with Crippen molar-refractivity contribution < 1.29 is 13.6 Å². The molecule has 1 aliphatic heterocycles. The minimum absolute atomic E-state index is 0.0965. The minimum atomic E-state index is -0.731. The zero-order valence-corrected chi connectivity index (χ0v) is 13.5. The van der Waals surface area contributed by atoms with Crippen LogP contribution in [0.25, 0.3) is 0 Å². The largest absolute Gasteiger partial charge is 0.323 e. The average Bonchev–Trinajstić information content (AvgIpc) is 2.96. The van der Waals surface area contributed by atoms with Gasteiger partial charge in [0, 0.05) is 29.1 Å². The zero-order valence-electron chi connectivity index (χ0n) is 11.9. The van der Waals surface area contributed by atoms with Crippen LogP contribution >= 0.6 is 23.4 Å². The Bertz CT molecular complexity index is 706. The minimum Gasteiger partial charge on any atom is -0.308 e. The van der Waals surface area contributed by atoms with Gasteiger partial charge in [0.1, 0.15) is 17.0 Å². The molecule has 1 saturated heterocycles. The van der Waals surface area contributed by atoms with Gasteiger partial charge in [-0.1, -0.05) is 23.7 Å². The van der Waals surface area contributed by atoms with E-state index in [0.29, 0.717) is 11.6 Å². The number of carbonyl (C=O) groups excluding carboxylic acids is 1. The number of nitrogens with one attached hydrogen (secondary N) is 1. The lowest BCUT2D eigenvalue weighted by molar-refractivity contribution is 0.214. The number of nitrogens with zero attached hydrogens (tertiary/aromatic N) is 1. The van der Waals surface area contributed by atoms with Crippen LogP contribution in [0.1, 0.15) is 10.9 Å². The van der Waals surface area contributed by atoms with Crippen LogP contribution in [0.2, 0.25) is 5.02 Å². The zero-order chi connectivity index (χ0) is 16.4. The Kier molecular flexibility index (Phi) is 4.73. The van der Waals surface area contributed by atoms with E-state index in [1.807, 2.05) is 12.1 Å². The van der Waals surface area contributed by atoms with Gasteiger partial charge in [-0.3, -0.25) is 0 Å². The van der Waals surface area contributed by atoms with Crippen LogP contribution in [0.3, 0.4) is 0 Å². The fourth-order valence-corrected chi connectivity index (χ4v) is 3.78. The Morgan fingerprint density at radius 3 is 2.48 bits per heavy atom. The van der Waals surface area contributed by atoms with E-state index >= 15 is 0 Å². The predicted molar refractivity (Wildman–Crippen MR) is 88.7 cm³/mol. The first-order chi connectivity index (χ1) is 11.0. The maximum absolute atomic E-state index is 13.2. The number of carbonyl (C=O) groups is 1. The molecule has 0 aromatic heterocycles. The van der Waals surface area contributed by atoms with Crippen molar-refractivity contribution in [2.75, 3.05) is 17.6 Å². The highest BCUT2D eigenvalue weighted by Crippen LogP contribution is 2.38. The summed E-state index contributed by atoms with van der Waals surface area (Å²) >= 11 is 7.51. The Labute approximate surface area is 141 Å². The number of thioether (sulfide) groups is 1. The molecule has 1 aliphatic rings. The van der Waals surface area contributed by atoms with Gasteiger partial charge < -0.3 is 10.2 Å². The third-order valence-electron chi connectivity index (χ3n) is 3.42. The molecule has 23 heavy (non-hydrogen) atoms. The summed E-state index contributed by atoms with van der Waals surface area (Å²) in [5.41, 5.74) is 1.05. The molecule has 0 saturated carbocycles. The lowest BCUT2D eigenvalue weighted by Gasteiger charge is -2.24. The van der Waals surface area contributed by atoms with Crippen molar-refractivity contribution >= 4 is 35.1 Å². The number of hydrogen-bond donors (Lipinski definition) is 1. The van der Waals surface area contributed by atoms with E-state index in [9.17, 15) is 13.6 Å². The summed E-state index contributed by atoms with van der Waals surface area (Å²) in [4.78, 5) is 14.1. The molecule has 1 atom stereocenters. The number of urea groups is 1. The van der Waals surface area contributed by atoms with Crippen molar-refractivity contribution in [3.8, 4) is 0 Å². The van der Waals surface area contributed by atoms with Crippen molar-refractivity contribution in [2.24, 2.45) is 0 Å². The van der Waals surface area contributed by atoms with Crippen LogP contribution in [0.15, 0.2) is 42.5 Å². The van der Waals surface area contributed by atoms with Gasteiger partial charge in [-0.05, 0) is 29.8 Å². The Morgan fingerprint density at radius 2 is 1.83 bits per heavy atom. The second kappa shape index (κ2) is 6.76. The summed E-state index contributed by atoms with van der Waals surface area (Å²) in [5.74, 6) is -0.672. The van der Waals surface area contributed by atoms with Gasteiger partial charge in [-0.2, -0.15) is 0 Å². The molecule has 0 bridgehead atoms. The van der Waals surface area contributed by atoms with Crippen LogP contribution in [0, 0.1) is 11.6 Å². The first-order valence-corrected chi connectivity index (χ1v) is 8.36. The van der Waals surface area contributed by atoms with Crippen molar-refractivity contribution in [1.29, 1.82) is 0 Å². The van der Waals surface area contributed by atoms with Crippen molar-refractivity contribution in [2.45, 2.75) is 5.37 Å². The van der Waals surface area contributed by atoms with Gasteiger partial charge in [0.05, 0.1) is 0 Å². The topological polar surface area (TPSA) is 32.3 Å². The van der Waals surface area contributed by atoms with E-state index in [4.69, 9.17) is 11.6 Å². The maximum atomic E-state index is 13.2. The summed E-state index contributed by atoms with van der Waals surface area (Å²) in [7, 11) is 0. The fraction of sp³-hybridized carbons (Fsp3) is 0.188. The molecule has 0 radical (unpaired) electrons. The van der Waals surface area contributed by atoms with E-state index in [2.05, 4.69) is 5.32 Å². The number of hydrogen-bond acceptors (Lipinski definition) is 2. The summed E-state index contributed by atoms with van der Waals surface area (Å²) in [6, 6.07) is 9.82. The van der Waals surface area contributed by atoms with E-state index in [-0.39, 0.29) is 17.1 Å². The van der Waals surface area contributed by atoms with Gasteiger partial charge in [0.15, 0.2) is 0 Å². The highest BCUT2D eigenvalue weighted by atomic mass is 35.5. The fourth-order valence-electron chi connectivity index (χ4n) is 2.40. The van der Waals surface area contributed by atoms with Crippen LogP contribution < -0.4 is 5.32 Å². The van der Waals surface area contributed by atoms with E-state index in [1.165, 1.54) is 0 Å². The third-order valence-corrected chi connectivity index (χ3v) is 4.93. The van der Waals surface area contributed by atoms with Gasteiger partial charge in [-0.25, -0.2) is 13.6 Å². The summed E-state index contributed by atoms with van der Waals surface area (Å²) in [6.07, 6.45) is 0. The molecule has 1 N–H and O–H groups in total. The molecule has 0 aliphatic carbocycles. The first kappa shape index (κ1) is 16.1. The molecule has 2 amide bonds. The Morgan fingerprint density at radius 1 is 1.17 bits per heavy atom. The molecule has 1 fully saturated rings. The molecule has 1 heterocycles. The number of halogens is 3. The second-order valence-electron chi connectivity index (χ2n) is 5.06. The van der Waals surface area contributed by atoms with Gasteiger partial charge >= 0.3 is 6.03 Å². The van der Waals surface area contributed by atoms with Gasteiger partial charge in [0.2, 0.25) is 0 Å². The predicted octanol–water partition coefficient (Wildman–Crippen LogP) is 4.90. The molecule has 0 spiro atoms. The van der Waals surface area contributed by atoms with Gasteiger partial charge in [-0.15, -0.1) is 11.8 Å². The highest BCUT2D eigenvalue weighted by molar-refractivity contribution is 7.99. The summed E-state index contributed by atoms with van der Waals surface area (Å²) < 4.78 is 26.4. The van der Waals surface area contributed by atoms with Crippen LogP contribution in [0.4, 0.5) is 19.3 Å². The molecule has 2 aromatic rings. The quantitative estimate of drug-likeness (QED) is 0.832. The molecular weight excluding hydrogens is 342 g/mol. The van der Waals surface area contributed by atoms with Crippen LogP contribution in [0.5, 0.6) is 0 Å². The molecule has 1 unspecified atom stereocenters. The monoisotopic (exact) mass is 354 g/mol. The van der Waals surface area contributed by atoms with E-state index in [0.717, 1.165) is 29.5 Å². The highest BCUT2D eigenvalue weighted by Gasteiger charge is 2.30. The number of anilines is 1. The molecule has 3 nitrogen and oxygen atoms in total. The molecule has 120 valence electrons. The first-order valence-electron chi connectivity index (χ1n) is 6.94. The summed E-state index contributed by atoms with van der Waals surface area (Å²) in [6.45, 7) is 0.557. The van der Waals surface area contributed by atoms with Crippen molar-refractivity contribution in [1.82, 2.24) is 4.90 Å². The number of amides is 2. The lowest BCUT2D eigenvalue weighted by atomic mass is 10.2. The molecule has 7 heteroatoms. The van der Waals surface area contributed by atoms with Crippen LogP contribution in [-0.4, -0.2) is 23.2 Å². The number of benzene rings is 2. The van der Waals surface area contributed by atoms with Crippen LogP contribution in [-0.2, 0) is 0 Å². The second-order valence-corrected chi connectivity index (χ2v) is 6.68. The smallest absolute Gasteiger partial charge is 0.308 e. The van der Waals surface area contributed by atoms with Crippen molar-refractivity contribution in [3.63, 3.8) is 0 Å². The normalized spacial score (nSPS) is 17.3. The van der Waals surface area contributed by atoms with E-state index in [1.54, 1.807) is 28.8 Å². The molecule has 3 rings (SSSR count).